The fraction of sp³-hybridized carbons (Fsp3) is 1.00. The van der Waals surface area contributed by atoms with E-state index in [2.05, 4.69) is 24.1 Å². The summed E-state index contributed by atoms with van der Waals surface area (Å²) in [5.41, 5.74) is 0. The first-order valence-electron chi connectivity index (χ1n) is 6.45. The van der Waals surface area contributed by atoms with Crippen molar-refractivity contribution in [3.63, 3.8) is 0 Å². The van der Waals surface area contributed by atoms with Gasteiger partial charge in [-0.15, -0.1) is 0 Å². The van der Waals surface area contributed by atoms with Gasteiger partial charge < -0.3 is 10.2 Å². The topological polar surface area (TPSA) is 15.3 Å². The minimum Gasteiger partial charge on any atom is -0.311 e. The molecule has 0 saturated carbocycles. The molecule has 2 atom stereocenters. The van der Waals surface area contributed by atoms with Crippen LogP contribution in [0.1, 0.15) is 33.1 Å². The number of hydrogen-bond acceptors (Lipinski definition) is 2. The van der Waals surface area contributed by atoms with Crippen LogP contribution in [0.2, 0.25) is 0 Å². The standard InChI is InChI=1S/C12H23F3N2/c1-3-10(2)11-9-17(8-6-16-11)7-4-5-12(13,14)15/h10-11,16H,3-9H2,1-2H3. The highest BCUT2D eigenvalue weighted by Crippen LogP contribution is 2.21. The maximum Gasteiger partial charge on any atom is 0.389 e. The predicted octanol–water partition coefficient (Wildman–Crippen LogP) is 2.65. The zero-order valence-electron chi connectivity index (χ0n) is 10.7. The van der Waals surface area contributed by atoms with Crippen molar-refractivity contribution in [1.29, 1.82) is 0 Å². The Morgan fingerprint density at radius 3 is 2.71 bits per heavy atom. The first-order chi connectivity index (χ1) is 7.92. The Morgan fingerprint density at radius 1 is 1.41 bits per heavy atom. The van der Waals surface area contributed by atoms with Crippen LogP contribution in [0.15, 0.2) is 0 Å². The van der Waals surface area contributed by atoms with Gasteiger partial charge in [0.05, 0.1) is 0 Å². The van der Waals surface area contributed by atoms with Crippen LogP contribution < -0.4 is 5.32 Å². The quantitative estimate of drug-likeness (QED) is 0.809. The van der Waals surface area contributed by atoms with E-state index in [1.807, 2.05) is 0 Å². The summed E-state index contributed by atoms with van der Waals surface area (Å²) in [7, 11) is 0. The summed E-state index contributed by atoms with van der Waals surface area (Å²) in [5.74, 6) is 0.584. The Labute approximate surface area is 102 Å². The fourth-order valence-electron chi connectivity index (χ4n) is 2.21. The molecule has 1 rings (SSSR count). The average molecular weight is 252 g/mol. The first kappa shape index (κ1) is 14.8. The zero-order valence-corrected chi connectivity index (χ0v) is 10.7. The van der Waals surface area contributed by atoms with Crippen LogP contribution in [0, 0.1) is 5.92 Å². The van der Waals surface area contributed by atoms with E-state index in [-0.39, 0.29) is 6.42 Å². The minimum absolute atomic E-state index is 0.219. The number of rotatable bonds is 5. The number of halogens is 3. The lowest BCUT2D eigenvalue weighted by Crippen LogP contribution is -2.53. The third-order valence-electron chi connectivity index (χ3n) is 3.55. The van der Waals surface area contributed by atoms with Crippen molar-refractivity contribution in [1.82, 2.24) is 10.2 Å². The van der Waals surface area contributed by atoms with Crippen molar-refractivity contribution < 1.29 is 13.2 Å². The predicted molar refractivity (Wildman–Crippen MR) is 63.0 cm³/mol. The van der Waals surface area contributed by atoms with Gasteiger partial charge in [0, 0.05) is 32.1 Å². The third-order valence-corrected chi connectivity index (χ3v) is 3.55. The molecular formula is C12H23F3N2. The maximum atomic E-state index is 12.0. The van der Waals surface area contributed by atoms with Gasteiger partial charge in [-0.1, -0.05) is 20.3 Å². The highest BCUT2D eigenvalue weighted by Gasteiger charge is 2.28. The van der Waals surface area contributed by atoms with Crippen molar-refractivity contribution >= 4 is 0 Å². The zero-order chi connectivity index (χ0) is 12.9. The second-order valence-electron chi connectivity index (χ2n) is 4.97. The number of alkyl halides is 3. The molecule has 1 N–H and O–H groups in total. The molecule has 5 heteroatoms. The lowest BCUT2D eigenvalue weighted by atomic mass is 9.97. The number of hydrogen-bond donors (Lipinski definition) is 1. The van der Waals surface area contributed by atoms with Crippen LogP contribution in [0.4, 0.5) is 13.2 Å². The lowest BCUT2D eigenvalue weighted by molar-refractivity contribution is -0.136. The molecule has 17 heavy (non-hydrogen) atoms. The number of nitrogens with one attached hydrogen (secondary N) is 1. The molecule has 0 amide bonds. The van der Waals surface area contributed by atoms with Gasteiger partial charge in [-0.2, -0.15) is 13.2 Å². The van der Waals surface area contributed by atoms with Crippen molar-refractivity contribution in [2.75, 3.05) is 26.2 Å². The molecule has 1 heterocycles. The normalized spacial score (nSPS) is 24.9. The molecule has 1 fully saturated rings. The molecule has 0 aromatic rings. The maximum absolute atomic E-state index is 12.0. The van der Waals surface area contributed by atoms with Crippen molar-refractivity contribution in [2.45, 2.75) is 45.3 Å². The van der Waals surface area contributed by atoms with E-state index in [1.54, 1.807) is 0 Å². The van der Waals surface area contributed by atoms with Gasteiger partial charge in [0.15, 0.2) is 0 Å². The second-order valence-corrected chi connectivity index (χ2v) is 4.97. The van der Waals surface area contributed by atoms with Gasteiger partial charge in [-0.05, 0) is 18.9 Å². The molecule has 0 aliphatic carbocycles. The third kappa shape index (κ3) is 5.73. The highest BCUT2D eigenvalue weighted by atomic mass is 19.4. The summed E-state index contributed by atoms with van der Waals surface area (Å²) < 4.78 is 36.1. The van der Waals surface area contributed by atoms with Crippen molar-refractivity contribution in [3.05, 3.63) is 0 Å². The summed E-state index contributed by atoms with van der Waals surface area (Å²) >= 11 is 0. The fourth-order valence-corrected chi connectivity index (χ4v) is 2.21. The monoisotopic (exact) mass is 252 g/mol. The van der Waals surface area contributed by atoms with Crippen LogP contribution in [-0.2, 0) is 0 Å². The molecule has 0 radical (unpaired) electrons. The molecule has 1 aliphatic heterocycles. The largest absolute Gasteiger partial charge is 0.389 e. The summed E-state index contributed by atoms with van der Waals surface area (Å²) in [5, 5.41) is 3.44. The summed E-state index contributed by atoms with van der Waals surface area (Å²) in [6.45, 7) is 7.54. The molecule has 0 aromatic heterocycles. The second kappa shape index (κ2) is 6.59. The Bertz CT molecular complexity index is 218. The molecule has 1 aliphatic rings. The van der Waals surface area contributed by atoms with E-state index in [0.29, 0.717) is 18.5 Å². The summed E-state index contributed by atoms with van der Waals surface area (Å²) in [6, 6.07) is 0.430. The first-order valence-corrected chi connectivity index (χ1v) is 6.45. The Balaban J connectivity index is 2.25. The van der Waals surface area contributed by atoms with Crippen LogP contribution in [0.5, 0.6) is 0 Å². The minimum atomic E-state index is -4.01. The van der Waals surface area contributed by atoms with Gasteiger partial charge in [-0.3, -0.25) is 0 Å². The van der Waals surface area contributed by atoms with E-state index in [4.69, 9.17) is 0 Å². The Kier molecular flexibility index (Phi) is 5.73. The molecular weight excluding hydrogens is 229 g/mol. The highest BCUT2D eigenvalue weighted by molar-refractivity contribution is 4.81. The smallest absolute Gasteiger partial charge is 0.311 e. The van der Waals surface area contributed by atoms with Gasteiger partial charge in [0.2, 0.25) is 0 Å². The van der Waals surface area contributed by atoms with Crippen LogP contribution >= 0.6 is 0 Å². The van der Waals surface area contributed by atoms with E-state index >= 15 is 0 Å². The lowest BCUT2D eigenvalue weighted by Gasteiger charge is -2.36. The van der Waals surface area contributed by atoms with Crippen molar-refractivity contribution in [2.24, 2.45) is 5.92 Å². The molecule has 102 valence electrons. The van der Waals surface area contributed by atoms with Gasteiger partial charge >= 0.3 is 6.18 Å². The Hall–Kier alpha value is -0.290. The number of piperazine rings is 1. The van der Waals surface area contributed by atoms with E-state index in [0.717, 1.165) is 26.1 Å². The van der Waals surface area contributed by atoms with E-state index < -0.39 is 12.6 Å². The molecule has 2 nitrogen and oxygen atoms in total. The van der Waals surface area contributed by atoms with E-state index in [1.165, 1.54) is 0 Å². The molecule has 1 saturated heterocycles. The Morgan fingerprint density at radius 2 is 2.12 bits per heavy atom. The molecule has 0 bridgehead atoms. The molecule has 0 spiro atoms. The average Bonchev–Trinajstić information content (AvgIpc) is 2.27. The molecule has 0 aromatic carbocycles. The van der Waals surface area contributed by atoms with E-state index in [9.17, 15) is 13.2 Å². The number of nitrogens with zero attached hydrogens (tertiary/aromatic N) is 1. The molecule has 2 unspecified atom stereocenters. The van der Waals surface area contributed by atoms with Gasteiger partial charge in [0.25, 0.3) is 0 Å². The van der Waals surface area contributed by atoms with Crippen LogP contribution in [-0.4, -0.2) is 43.3 Å². The van der Waals surface area contributed by atoms with Crippen LogP contribution in [0.3, 0.4) is 0 Å². The van der Waals surface area contributed by atoms with Gasteiger partial charge in [0.1, 0.15) is 0 Å². The van der Waals surface area contributed by atoms with Gasteiger partial charge in [-0.25, -0.2) is 0 Å². The SMILES string of the molecule is CCC(C)C1CN(CCCC(F)(F)F)CCN1. The summed E-state index contributed by atoms with van der Waals surface area (Å²) in [6.07, 6.45) is -3.35. The summed E-state index contributed by atoms with van der Waals surface area (Å²) in [4.78, 5) is 2.15. The van der Waals surface area contributed by atoms with Crippen LogP contribution in [0.25, 0.3) is 0 Å². The van der Waals surface area contributed by atoms with Crippen molar-refractivity contribution in [3.8, 4) is 0 Å².